The number of hydrogen-bond donors (Lipinski definition) is 1. The fraction of sp³-hybridized carbons (Fsp3) is 0.538. The van der Waals surface area contributed by atoms with Crippen molar-refractivity contribution < 1.29 is 0 Å². The van der Waals surface area contributed by atoms with Crippen molar-refractivity contribution in [2.45, 2.75) is 38.1 Å². The van der Waals surface area contributed by atoms with Crippen LogP contribution in [0.25, 0.3) is 0 Å². The van der Waals surface area contributed by atoms with Crippen LogP contribution in [0, 0.1) is 0 Å². The topological polar surface area (TPSA) is 12.0 Å². The highest BCUT2D eigenvalue weighted by molar-refractivity contribution is 5.85. The maximum absolute atomic E-state index is 3.67. The predicted molar refractivity (Wildman–Crippen MR) is 67.7 cm³/mol. The van der Waals surface area contributed by atoms with Crippen LogP contribution in [0.15, 0.2) is 30.3 Å². The number of nitrogens with one attached hydrogen (secondary N) is 1. The summed E-state index contributed by atoms with van der Waals surface area (Å²) in [5.74, 6) is 0. The molecule has 1 N–H and O–H groups in total. The van der Waals surface area contributed by atoms with Crippen LogP contribution in [0.5, 0.6) is 0 Å². The molecule has 1 aromatic carbocycles. The van der Waals surface area contributed by atoms with Crippen LogP contribution < -0.4 is 5.32 Å². The first-order valence-electron chi connectivity index (χ1n) is 5.64. The van der Waals surface area contributed by atoms with Crippen LogP contribution in [-0.4, -0.2) is 12.1 Å². The van der Waals surface area contributed by atoms with E-state index in [2.05, 4.69) is 42.6 Å². The molecule has 0 aromatic heterocycles. The van der Waals surface area contributed by atoms with Crippen molar-refractivity contribution in [2.75, 3.05) is 6.54 Å². The maximum atomic E-state index is 3.67. The Balaban J connectivity index is 0.00000112. The van der Waals surface area contributed by atoms with Crippen LogP contribution >= 0.6 is 12.4 Å². The molecule has 0 saturated carbocycles. The average Bonchev–Trinajstić information content (AvgIpc) is 2.69. The van der Waals surface area contributed by atoms with E-state index in [0.717, 1.165) is 0 Å². The van der Waals surface area contributed by atoms with Crippen LogP contribution in [0.2, 0.25) is 0 Å². The molecule has 0 spiro atoms. The van der Waals surface area contributed by atoms with Gasteiger partial charge in [0.05, 0.1) is 0 Å². The van der Waals surface area contributed by atoms with Crippen LogP contribution in [0.3, 0.4) is 0 Å². The molecule has 0 bridgehead atoms. The lowest BCUT2D eigenvalue weighted by molar-refractivity contribution is 0.360. The van der Waals surface area contributed by atoms with Gasteiger partial charge in [-0.25, -0.2) is 0 Å². The first kappa shape index (κ1) is 12.5. The summed E-state index contributed by atoms with van der Waals surface area (Å²) < 4.78 is 0. The molecule has 1 nitrogen and oxygen atoms in total. The summed E-state index contributed by atoms with van der Waals surface area (Å²) in [5, 5.41) is 3.67. The standard InChI is InChI=1S/C13H19N.ClH/c1-2-13(9-6-10-14-13)11-12-7-4-3-5-8-12;/h3-5,7-8,14H,2,6,9-11H2,1H3;1H. The number of benzene rings is 1. The molecular formula is C13H20ClN. The number of halogens is 1. The second kappa shape index (κ2) is 5.53. The summed E-state index contributed by atoms with van der Waals surface area (Å²) in [6.45, 7) is 3.49. The third-order valence-corrected chi connectivity index (χ3v) is 3.39. The Bertz CT molecular complexity index is 278. The van der Waals surface area contributed by atoms with Gasteiger partial charge in [0.25, 0.3) is 0 Å². The minimum absolute atomic E-state index is 0. The van der Waals surface area contributed by atoms with Crippen LogP contribution in [-0.2, 0) is 6.42 Å². The summed E-state index contributed by atoms with van der Waals surface area (Å²) in [4.78, 5) is 0. The third kappa shape index (κ3) is 2.96. The molecule has 1 aliphatic heterocycles. The molecule has 1 aromatic rings. The van der Waals surface area contributed by atoms with Crippen molar-refractivity contribution in [1.82, 2.24) is 5.32 Å². The number of hydrogen-bond acceptors (Lipinski definition) is 1. The van der Waals surface area contributed by atoms with E-state index in [-0.39, 0.29) is 12.4 Å². The minimum Gasteiger partial charge on any atom is -0.311 e. The lowest BCUT2D eigenvalue weighted by atomic mass is 9.87. The Kier molecular flexibility index (Phi) is 4.62. The fourth-order valence-corrected chi connectivity index (χ4v) is 2.43. The van der Waals surface area contributed by atoms with Crippen molar-refractivity contribution in [1.29, 1.82) is 0 Å². The van der Waals surface area contributed by atoms with Gasteiger partial charge in [-0.15, -0.1) is 12.4 Å². The van der Waals surface area contributed by atoms with E-state index in [1.165, 1.54) is 37.8 Å². The fourth-order valence-electron chi connectivity index (χ4n) is 2.43. The zero-order valence-electron chi connectivity index (χ0n) is 9.33. The lowest BCUT2D eigenvalue weighted by Gasteiger charge is -2.28. The van der Waals surface area contributed by atoms with Gasteiger partial charge < -0.3 is 5.32 Å². The summed E-state index contributed by atoms with van der Waals surface area (Å²) in [6.07, 6.45) is 5.09. The molecular weight excluding hydrogens is 206 g/mol. The third-order valence-electron chi connectivity index (χ3n) is 3.39. The minimum atomic E-state index is 0. The van der Waals surface area contributed by atoms with Crippen LogP contribution in [0.1, 0.15) is 31.7 Å². The molecule has 2 heteroatoms. The Labute approximate surface area is 98.7 Å². The van der Waals surface area contributed by atoms with Gasteiger partial charge in [0.15, 0.2) is 0 Å². The molecule has 15 heavy (non-hydrogen) atoms. The Morgan fingerprint density at radius 2 is 2.00 bits per heavy atom. The van der Waals surface area contributed by atoms with E-state index in [4.69, 9.17) is 0 Å². The first-order chi connectivity index (χ1) is 6.85. The van der Waals surface area contributed by atoms with Crippen molar-refractivity contribution in [2.24, 2.45) is 0 Å². The van der Waals surface area contributed by atoms with Gasteiger partial charge >= 0.3 is 0 Å². The SMILES string of the molecule is CCC1(Cc2ccccc2)CCCN1.Cl. The predicted octanol–water partition coefficient (Wildman–Crippen LogP) is 3.18. The van der Waals surface area contributed by atoms with Crippen molar-refractivity contribution in [3.63, 3.8) is 0 Å². The van der Waals surface area contributed by atoms with E-state index in [9.17, 15) is 0 Å². The van der Waals surface area contributed by atoms with Gasteiger partial charge in [-0.1, -0.05) is 37.3 Å². The van der Waals surface area contributed by atoms with Gasteiger partial charge in [0.2, 0.25) is 0 Å². The molecule has 2 rings (SSSR count). The van der Waals surface area contributed by atoms with E-state index in [1.54, 1.807) is 0 Å². The molecule has 1 fully saturated rings. The van der Waals surface area contributed by atoms with Crippen molar-refractivity contribution >= 4 is 12.4 Å². The Morgan fingerprint density at radius 1 is 1.27 bits per heavy atom. The molecule has 1 aliphatic rings. The van der Waals surface area contributed by atoms with Gasteiger partial charge in [-0.2, -0.15) is 0 Å². The molecule has 84 valence electrons. The van der Waals surface area contributed by atoms with E-state index < -0.39 is 0 Å². The van der Waals surface area contributed by atoms with Gasteiger partial charge in [0, 0.05) is 5.54 Å². The van der Waals surface area contributed by atoms with Gasteiger partial charge in [-0.3, -0.25) is 0 Å². The largest absolute Gasteiger partial charge is 0.311 e. The molecule has 0 aliphatic carbocycles. The van der Waals surface area contributed by atoms with E-state index >= 15 is 0 Å². The Hall–Kier alpha value is -0.530. The summed E-state index contributed by atoms with van der Waals surface area (Å²) >= 11 is 0. The normalized spacial score (nSPS) is 24.9. The highest BCUT2D eigenvalue weighted by atomic mass is 35.5. The zero-order valence-corrected chi connectivity index (χ0v) is 10.1. The highest BCUT2D eigenvalue weighted by Crippen LogP contribution is 2.26. The van der Waals surface area contributed by atoms with Gasteiger partial charge in [0.1, 0.15) is 0 Å². The highest BCUT2D eigenvalue weighted by Gasteiger charge is 2.31. The summed E-state index contributed by atoms with van der Waals surface area (Å²) in [7, 11) is 0. The average molecular weight is 226 g/mol. The molecule has 1 saturated heterocycles. The molecule has 0 radical (unpaired) electrons. The Morgan fingerprint density at radius 3 is 2.53 bits per heavy atom. The quantitative estimate of drug-likeness (QED) is 0.833. The zero-order chi connectivity index (χ0) is 9.86. The first-order valence-corrected chi connectivity index (χ1v) is 5.64. The smallest absolute Gasteiger partial charge is 0.0219 e. The monoisotopic (exact) mass is 225 g/mol. The van der Waals surface area contributed by atoms with Crippen LogP contribution in [0.4, 0.5) is 0 Å². The van der Waals surface area contributed by atoms with Gasteiger partial charge in [-0.05, 0) is 37.8 Å². The lowest BCUT2D eigenvalue weighted by Crippen LogP contribution is -2.41. The molecule has 1 heterocycles. The maximum Gasteiger partial charge on any atom is 0.0219 e. The van der Waals surface area contributed by atoms with Crippen molar-refractivity contribution in [3.05, 3.63) is 35.9 Å². The van der Waals surface area contributed by atoms with Crippen molar-refractivity contribution in [3.8, 4) is 0 Å². The number of rotatable bonds is 3. The molecule has 1 unspecified atom stereocenters. The second-order valence-electron chi connectivity index (χ2n) is 4.33. The van der Waals surface area contributed by atoms with E-state index in [1.807, 2.05) is 0 Å². The summed E-state index contributed by atoms with van der Waals surface area (Å²) in [6, 6.07) is 10.8. The summed E-state index contributed by atoms with van der Waals surface area (Å²) in [5.41, 5.74) is 1.85. The second-order valence-corrected chi connectivity index (χ2v) is 4.33. The molecule has 1 atom stereocenters. The van der Waals surface area contributed by atoms with E-state index in [0.29, 0.717) is 5.54 Å². The molecule has 0 amide bonds.